The van der Waals surface area contributed by atoms with Gasteiger partial charge >= 0.3 is 6.03 Å². The molecule has 0 saturated carbocycles. The summed E-state index contributed by atoms with van der Waals surface area (Å²) < 4.78 is 1.69. The highest BCUT2D eigenvalue weighted by atomic mass is 16.3. The van der Waals surface area contributed by atoms with Gasteiger partial charge in [0, 0.05) is 18.8 Å². The number of rotatable bonds is 5. The van der Waals surface area contributed by atoms with Crippen molar-refractivity contribution < 1.29 is 9.90 Å². The van der Waals surface area contributed by atoms with Crippen LogP contribution in [0.4, 0.5) is 10.7 Å². The Kier molecular flexibility index (Phi) is 4.52. The molecule has 7 heteroatoms. The monoisotopic (exact) mass is 277 g/mol. The van der Waals surface area contributed by atoms with Gasteiger partial charge in [0.05, 0.1) is 0 Å². The molecular formula is C13H19N5O2. The van der Waals surface area contributed by atoms with E-state index in [1.165, 1.54) is 0 Å². The standard InChI is InChI=1S/C13H19N5O2/c1-9(2)10(6-8-19)14-13(20)15-12-17-16-11-5-3-4-7-18(11)12/h3-5,7,9-10,19H,6,8H2,1-2H3,(H2,14,15,17,20). The van der Waals surface area contributed by atoms with Crippen molar-refractivity contribution >= 4 is 17.6 Å². The molecule has 7 nitrogen and oxygen atoms in total. The van der Waals surface area contributed by atoms with E-state index in [9.17, 15) is 4.79 Å². The minimum absolute atomic E-state index is 0.0387. The van der Waals surface area contributed by atoms with Crippen molar-refractivity contribution in [3.8, 4) is 0 Å². The van der Waals surface area contributed by atoms with E-state index in [4.69, 9.17) is 5.11 Å². The van der Waals surface area contributed by atoms with Crippen molar-refractivity contribution in [2.75, 3.05) is 11.9 Å². The zero-order valence-electron chi connectivity index (χ0n) is 11.6. The smallest absolute Gasteiger partial charge is 0.321 e. The second kappa shape index (κ2) is 6.33. The molecule has 1 atom stereocenters. The Morgan fingerprint density at radius 1 is 1.40 bits per heavy atom. The van der Waals surface area contributed by atoms with Crippen LogP contribution in [0.3, 0.4) is 0 Å². The molecule has 2 rings (SSSR count). The molecule has 0 fully saturated rings. The third kappa shape index (κ3) is 3.24. The van der Waals surface area contributed by atoms with Gasteiger partial charge in [-0.05, 0) is 24.5 Å². The van der Waals surface area contributed by atoms with Gasteiger partial charge in [-0.25, -0.2) is 4.79 Å². The first-order valence-corrected chi connectivity index (χ1v) is 6.60. The summed E-state index contributed by atoms with van der Waals surface area (Å²) in [5, 5.41) is 22.4. The molecule has 3 N–H and O–H groups in total. The van der Waals surface area contributed by atoms with Crippen LogP contribution in [0, 0.1) is 5.92 Å². The topological polar surface area (TPSA) is 91.5 Å². The maximum absolute atomic E-state index is 12.0. The SMILES string of the molecule is CC(C)C(CCO)NC(=O)Nc1nnc2ccccn12. The highest BCUT2D eigenvalue weighted by Gasteiger charge is 2.16. The fourth-order valence-electron chi connectivity index (χ4n) is 1.94. The number of carbonyl (C=O) groups excluding carboxylic acids is 1. The molecule has 0 aliphatic heterocycles. The number of nitrogens with zero attached hydrogens (tertiary/aromatic N) is 3. The van der Waals surface area contributed by atoms with Crippen molar-refractivity contribution in [1.82, 2.24) is 19.9 Å². The summed E-state index contributed by atoms with van der Waals surface area (Å²) in [5.41, 5.74) is 0.665. The lowest BCUT2D eigenvalue weighted by Gasteiger charge is -2.21. The summed E-state index contributed by atoms with van der Waals surface area (Å²) in [6.07, 6.45) is 2.30. The Morgan fingerprint density at radius 2 is 2.20 bits per heavy atom. The number of aromatic nitrogens is 3. The predicted molar refractivity (Wildman–Crippen MR) is 75.5 cm³/mol. The molecule has 0 spiro atoms. The number of aliphatic hydroxyl groups excluding tert-OH is 1. The molecule has 0 bridgehead atoms. The van der Waals surface area contributed by atoms with Crippen molar-refractivity contribution in [3.05, 3.63) is 24.4 Å². The lowest BCUT2D eigenvalue weighted by molar-refractivity contribution is 0.227. The van der Waals surface area contributed by atoms with Gasteiger partial charge in [0.2, 0.25) is 5.95 Å². The maximum atomic E-state index is 12.0. The number of hydrogen-bond acceptors (Lipinski definition) is 4. The summed E-state index contributed by atoms with van der Waals surface area (Å²) >= 11 is 0. The maximum Gasteiger partial charge on any atom is 0.321 e. The zero-order valence-corrected chi connectivity index (χ0v) is 11.6. The van der Waals surface area contributed by atoms with E-state index in [1.807, 2.05) is 26.0 Å². The fraction of sp³-hybridized carbons (Fsp3) is 0.462. The van der Waals surface area contributed by atoms with Gasteiger partial charge in [0.15, 0.2) is 5.65 Å². The second-order valence-electron chi connectivity index (χ2n) is 4.91. The van der Waals surface area contributed by atoms with Crippen molar-refractivity contribution in [2.45, 2.75) is 26.3 Å². The number of pyridine rings is 1. The molecule has 2 aromatic rings. The van der Waals surface area contributed by atoms with Crippen LogP contribution in [0.15, 0.2) is 24.4 Å². The van der Waals surface area contributed by atoms with Crippen LogP contribution in [0.1, 0.15) is 20.3 Å². The Bertz CT molecular complexity index is 581. The Hall–Kier alpha value is -2.15. The van der Waals surface area contributed by atoms with Crippen molar-refractivity contribution in [2.24, 2.45) is 5.92 Å². The number of nitrogens with one attached hydrogen (secondary N) is 2. The van der Waals surface area contributed by atoms with E-state index in [2.05, 4.69) is 20.8 Å². The van der Waals surface area contributed by atoms with Crippen molar-refractivity contribution in [3.63, 3.8) is 0 Å². The lowest BCUT2D eigenvalue weighted by atomic mass is 10.0. The van der Waals surface area contributed by atoms with Crippen LogP contribution in [-0.4, -0.2) is 38.4 Å². The van der Waals surface area contributed by atoms with E-state index < -0.39 is 0 Å². The summed E-state index contributed by atoms with van der Waals surface area (Å²) in [4.78, 5) is 12.0. The fourth-order valence-corrected chi connectivity index (χ4v) is 1.94. The lowest BCUT2D eigenvalue weighted by Crippen LogP contribution is -2.41. The molecule has 0 aliphatic carbocycles. The molecule has 108 valence electrons. The van der Waals surface area contributed by atoms with E-state index in [-0.39, 0.29) is 24.6 Å². The van der Waals surface area contributed by atoms with Gasteiger partial charge in [-0.3, -0.25) is 9.72 Å². The second-order valence-corrected chi connectivity index (χ2v) is 4.91. The quantitative estimate of drug-likeness (QED) is 0.767. The number of amides is 2. The summed E-state index contributed by atoms with van der Waals surface area (Å²) in [6, 6.07) is 5.06. The number of carbonyl (C=O) groups is 1. The number of anilines is 1. The van der Waals surface area contributed by atoms with Crippen LogP contribution < -0.4 is 10.6 Å². The molecule has 1 unspecified atom stereocenters. The Labute approximate surface area is 117 Å². The highest BCUT2D eigenvalue weighted by Crippen LogP contribution is 2.09. The molecule has 20 heavy (non-hydrogen) atoms. The average molecular weight is 277 g/mol. The summed E-state index contributed by atoms with van der Waals surface area (Å²) in [6.45, 7) is 4.02. The van der Waals surface area contributed by atoms with Gasteiger partial charge in [-0.2, -0.15) is 0 Å². The van der Waals surface area contributed by atoms with E-state index >= 15 is 0 Å². The molecule has 0 aliphatic rings. The minimum Gasteiger partial charge on any atom is -0.396 e. The molecule has 0 aromatic carbocycles. The van der Waals surface area contributed by atoms with Crippen LogP contribution in [0.5, 0.6) is 0 Å². The van der Waals surface area contributed by atoms with Gasteiger partial charge < -0.3 is 10.4 Å². The van der Waals surface area contributed by atoms with Crippen LogP contribution in [0.25, 0.3) is 5.65 Å². The molecule has 0 saturated heterocycles. The van der Waals surface area contributed by atoms with Crippen LogP contribution >= 0.6 is 0 Å². The van der Waals surface area contributed by atoms with Crippen LogP contribution in [0.2, 0.25) is 0 Å². The van der Waals surface area contributed by atoms with Gasteiger partial charge in [0.25, 0.3) is 0 Å². The van der Waals surface area contributed by atoms with Crippen molar-refractivity contribution in [1.29, 1.82) is 0 Å². The van der Waals surface area contributed by atoms with E-state index in [1.54, 1.807) is 16.7 Å². The summed E-state index contributed by atoms with van der Waals surface area (Å²) in [7, 11) is 0. The average Bonchev–Trinajstić information content (AvgIpc) is 2.81. The van der Waals surface area contributed by atoms with Gasteiger partial charge in [0.1, 0.15) is 0 Å². The molecular weight excluding hydrogens is 258 g/mol. The predicted octanol–water partition coefficient (Wildman–Crippen LogP) is 1.26. The Balaban J connectivity index is 2.04. The number of fused-ring (bicyclic) bond motifs is 1. The minimum atomic E-state index is -0.352. The number of urea groups is 1. The molecule has 2 aromatic heterocycles. The number of aliphatic hydroxyl groups is 1. The van der Waals surface area contributed by atoms with Crippen LogP contribution in [-0.2, 0) is 0 Å². The highest BCUT2D eigenvalue weighted by molar-refractivity contribution is 5.88. The normalized spacial score (nSPS) is 12.6. The number of hydrogen-bond donors (Lipinski definition) is 3. The third-order valence-electron chi connectivity index (χ3n) is 3.10. The van der Waals surface area contributed by atoms with E-state index in [0.717, 1.165) is 0 Å². The molecule has 2 amide bonds. The summed E-state index contributed by atoms with van der Waals surface area (Å²) in [5.74, 6) is 0.604. The zero-order chi connectivity index (χ0) is 14.5. The first-order chi connectivity index (χ1) is 9.61. The first kappa shape index (κ1) is 14.3. The van der Waals surface area contributed by atoms with Gasteiger partial charge in [-0.1, -0.05) is 19.9 Å². The molecule has 2 heterocycles. The Morgan fingerprint density at radius 3 is 2.90 bits per heavy atom. The third-order valence-corrected chi connectivity index (χ3v) is 3.10. The molecule has 0 radical (unpaired) electrons. The van der Waals surface area contributed by atoms with Gasteiger partial charge in [-0.15, -0.1) is 10.2 Å². The van der Waals surface area contributed by atoms with E-state index in [0.29, 0.717) is 18.0 Å². The first-order valence-electron chi connectivity index (χ1n) is 6.60. The largest absolute Gasteiger partial charge is 0.396 e.